The van der Waals surface area contributed by atoms with Gasteiger partial charge in [0.15, 0.2) is 5.43 Å². The molecular formula is C23H26N4O3. The van der Waals surface area contributed by atoms with Gasteiger partial charge < -0.3 is 9.32 Å². The number of hydrogen-bond acceptors (Lipinski definition) is 6. The van der Waals surface area contributed by atoms with Crippen LogP contribution in [-0.2, 0) is 19.5 Å². The van der Waals surface area contributed by atoms with Crippen LogP contribution in [0.2, 0.25) is 0 Å². The van der Waals surface area contributed by atoms with Crippen molar-refractivity contribution in [3.8, 4) is 0 Å². The molecule has 5 rings (SSSR count). The molecule has 1 saturated heterocycles. The zero-order valence-electron chi connectivity index (χ0n) is 17.2. The molecule has 2 aliphatic rings. The number of hydrogen-bond donors (Lipinski definition) is 1. The average Bonchev–Trinajstić information content (AvgIpc) is 2.76. The van der Waals surface area contributed by atoms with E-state index in [1.54, 1.807) is 18.4 Å². The number of rotatable bonds is 3. The van der Waals surface area contributed by atoms with Gasteiger partial charge in [-0.05, 0) is 37.3 Å². The molecule has 0 aliphatic carbocycles. The Morgan fingerprint density at radius 3 is 2.97 bits per heavy atom. The fourth-order valence-corrected chi connectivity index (χ4v) is 4.62. The first-order valence-electron chi connectivity index (χ1n) is 10.7. The summed E-state index contributed by atoms with van der Waals surface area (Å²) < 4.78 is 5.66. The summed E-state index contributed by atoms with van der Waals surface area (Å²) in [6.45, 7) is 5.83. The summed E-state index contributed by atoms with van der Waals surface area (Å²) in [4.78, 5) is 37.7. The second kappa shape index (κ2) is 7.72. The SMILES string of the molecule is C[C@H]1CCCN(c2nc3c(c(=O)[nH]2)CCN(Cc2coc4ccccc4c2=O)C3)C1. The van der Waals surface area contributed by atoms with Gasteiger partial charge in [0.2, 0.25) is 5.95 Å². The molecule has 0 saturated carbocycles. The van der Waals surface area contributed by atoms with Gasteiger partial charge in [0.05, 0.1) is 17.3 Å². The molecule has 7 nitrogen and oxygen atoms in total. The van der Waals surface area contributed by atoms with Crippen molar-refractivity contribution in [2.24, 2.45) is 5.92 Å². The number of para-hydroxylation sites is 1. The first-order chi connectivity index (χ1) is 14.6. The Balaban J connectivity index is 1.40. The second-order valence-electron chi connectivity index (χ2n) is 8.56. The van der Waals surface area contributed by atoms with Crippen LogP contribution in [0.1, 0.15) is 36.6 Å². The van der Waals surface area contributed by atoms with Crippen LogP contribution >= 0.6 is 0 Å². The summed E-state index contributed by atoms with van der Waals surface area (Å²) >= 11 is 0. The maximum atomic E-state index is 12.8. The van der Waals surface area contributed by atoms with Crippen LogP contribution in [0.15, 0.2) is 44.5 Å². The maximum absolute atomic E-state index is 12.8. The van der Waals surface area contributed by atoms with Gasteiger partial charge in [-0.25, -0.2) is 4.98 Å². The van der Waals surface area contributed by atoms with E-state index in [0.29, 0.717) is 54.5 Å². The van der Waals surface area contributed by atoms with Crippen molar-refractivity contribution in [1.29, 1.82) is 0 Å². The molecule has 3 aromatic rings. The highest BCUT2D eigenvalue weighted by Crippen LogP contribution is 2.22. The van der Waals surface area contributed by atoms with Gasteiger partial charge in [-0.1, -0.05) is 19.1 Å². The minimum atomic E-state index is -0.0295. The first-order valence-corrected chi connectivity index (χ1v) is 10.7. The zero-order chi connectivity index (χ0) is 20.7. The molecular weight excluding hydrogens is 380 g/mol. The third-order valence-electron chi connectivity index (χ3n) is 6.24. The maximum Gasteiger partial charge on any atom is 0.255 e. The first kappa shape index (κ1) is 19.1. The number of H-pyrrole nitrogens is 1. The normalized spacial score (nSPS) is 19.8. The zero-order valence-corrected chi connectivity index (χ0v) is 17.2. The van der Waals surface area contributed by atoms with Gasteiger partial charge in [-0.2, -0.15) is 0 Å². The van der Waals surface area contributed by atoms with Crippen molar-refractivity contribution in [3.05, 3.63) is 67.9 Å². The molecule has 1 atom stereocenters. The van der Waals surface area contributed by atoms with E-state index >= 15 is 0 Å². The largest absolute Gasteiger partial charge is 0.464 e. The lowest BCUT2D eigenvalue weighted by molar-refractivity contribution is 0.238. The summed E-state index contributed by atoms with van der Waals surface area (Å²) in [7, 11) is 0. The summed E-state index contributed by atoms with van der Waals surface area (Å²) in [5.74, 6) is 1.28. The van der Waals surface area contributed by atoms with Gasteiger partial charge in [0, 0.05) is 43.9 Å². The Bertz CT molecular complexity index is 1200. The average molecular weight is 406 g/mol. The Morgan fingerprint density at radius 2 is 2.10 bits per heavy atom. The number of nitrogens with zero attached hydrogens (tertiary/aromatic N) is 3. The van der Waals surface area contributed by atoms with Crippen molar-refractivity contribution in [3.63, 3.8) is 0 Å². The Kier molecular flexibility index (Phi) is 4.90. The highest BCUT2D eigenvalue weighted by atomic mass is 16.3. The molecule has 0 amide bonds. The van der Waals surface area contributed by atoms with E-state index in [1.165, 1.54) is 6.42 Å². The predicted molar refractivity (Wildman–Crippen MR) is 116 cm³/mol. The van der Waals surface area contributed by atoms with Crippen molar-refractivity contribution in [2.45, 2.75) is 39.3 Å². The molecule has 0 spiro atoms. The Morgan fingerprint density at radius 1 is 1.23 bits per heavy atom. The molecule has 30 heavy (non-hydrogen) atoms. The van der Waals surface area contributed by atoms with E-state index in [0.717, 1.165) is 30.8 Å². The number of aromatic nitrogens is 2. The van der Waals surface area contributed by atoms with E-state index in [1.807, 2.05) is 12.1 Å². The number of piperidine rings is 1. The minimum Gasteiger partial charge on any atom is -0.464 e. The summed E-state index contributed by atoms with van der Waals surface area (Å²) in [6.07, 6.45) is 4.53. The number of aromatic amines is 1. The molecule has 1 fully saturated rings. The number of fused-ring (bicyclic) bond motifs is 2. The molecule has 2 aromatic heterocycles. The van der Waals surface area contributed by atoms with Gasteiger partial charge in [-0.3, -0.25) is 19.5 Å². The van der Waals surface area contributed by atoms with Crippen molar-refractivity contribution in [1.82, 2.24) is 14.9 Å². The van der Waals surface area contributed by atoms with Gasteiger partial charge >= 0.3 is 0 Å². The highest BCUT2D eigenvalue weighted by molar-refractivity contribution is 5.76. The fraction of sp³-hybridized carbons (Fsp3) is 0.435. The van der Waals surface area contributed by atoms with Crippen molar-refractivity contribution < 1.29 is 4.42 Å². The monoisotopic (exact) mass is 406 g/mol. The van der Waals surface area contributed by atoms with Crippen LogP contribution in [0.25, 0.3) is 11.0 Å². The number of anilines is 1. The van der Waals surface area contributed by atoms with E-state index in [2.05, 4.69) is 21.7 Å². The van der Waals surface area contributed by atoms with E-state index in [-0.39, 0.29) is 11.0 Å². The Hall–Kier alpha value is -2.93. The van der Waals surface area contributed by atoms with Crippen molar-refractivity contribution in [2.75, 3.05) is 24.5 Å². The lowest BCUT2D eigenvalue weighted by Crippen LogP contribution is -2.40. The second-order valence-corrected chi connectivity index (χ2v) is 8.56. The van der Waals surface area contributed by atoms with Crippen LogP contribution < -0.4 is 15.9 Å². The minimum absolute atomic E-state index is 0.00417. The number of benzene rings is 1. The smallest absolute Gasteiger partial charge is 0.255 e. The van der Waals surface area contributed by atoms with Crippen LogP contribution in [0.4, 0.5) is 5.95 Å². The quantitative estimate of drug-likeness (QED) is 0.720. The van der Waals surface area contributed by atoms with E-state index in [9.17, 15) is 9.59 Å². The van der Waals surface area contributed by atoms with Gasteiger partial charge in [0.25, 0.3) is 5.56 Å². The molecule has 2 aliphatic heterocycles. The number of nitrogens with one attached hydrogen (secondary N) is 1. The van der Waals surface area contributed by atoms with E-state index in [4.69, 9.17) is 9.40 Å². The van der Waals surface area contributed by atoms with Crippen molar-refractivity contribution >= 4 is 16.9 Å². The molecule has 0 bridgehead atoms. The summed E-state index contributed by atoms with van der Waals surface area (Å²) in [5, 5.41) is 0.600. The Labute approximate surface area is 174 Å². The lowest BCUT2D eigenvalue weighted by atomic mass is 10.0. The van der Waals surface area contributed by atoms with Crippen LogP contribution in [0.5, 0.6) is 0 Å². The molecule has 1 aromatic carbocycles. The lowest BCUT2D eigenvalue weighted by Gasteiger charge is -2.33. The highest BCUT2D eigenvalue weighted by Gasteiger charge is 2.25. The third kappa shape index (κ3) is 3.54. The summed E-state index contributed by atoms with van der Waals surface area (Å²) in [5.41, 5.74) is 2.80. The molecule has 4 heterocycles. The van der Waals surface area contributed by atoms with Crippen LogP contribution in [-0.4, -0.2) is 34.5 Å². The molecule has 156 valence electrons. The molecule has 1 N–H and O–H groups in total. The van der Waals surface area contributed by atoms with Gasteiger partial charge in [-0.15, -0.1) is 0 Å². The third-order valence-corrected chi connectivity index (χ3v) is 6.24. The summed E-state index contributed by atoms with van der Waals surface area (Å²) in [6, 6.07) is 7.30. The predicted octanol–water partition coefficient (Wildman–Crippen LogP) is 2.67. The molecule has 0 unspecified atom stereocenters. The standard InChI is InChI=1S/C23H26N4O3/c1-15-5-4-9-27(11-15)23-24-19-13-26(10-8-17(19)22(29)25-23)12-16-14-30-20-7-3-2-6-18(20)21(16)28/h2-3,6-7,14-15H,4-5,8-13H2,1H3,(H,24,25,29)/t15-/m0/s1. The van der Waals surface area contributed by atoms with E-state index < -0.39 is 0 Å². The van der Waals surface area contributed by atoms with Crippen LogP contribution in [0, 0.1) is 5.92 Å². The topological polar surface area (TPSA) is 82.4 Å². The molecule has 0 radical (unpaired) electrons. The van der Waals surface area contributed by atoms with Gasteiger partial charge in [0.1, 0.15) is 5.58 Å². The fourth-order valence-electron chi connectivity index (χ4n) is 4.62. The van der Waals surface area contributed by atoms with Crippen LogP contribution in [0.3, 0.4) is 0 Å². The molecule has 7 heteroatoms.